The molecule has 1 aromatic carbocycles. The van der Waals surface area contributed by atoms with Crippen molar-refractivity contribution in [2.45, 2.75) is 57.6 Å². The summed E-state index contributed by atoms with van der Waals surface area (Å²) in [4.78, 5) is 24.6. The molecule has 2 amide bonds. The van der Waals surface area contributed by atoms with Crippen molar-refractivity contribution in [2.75, 3.05) is 6.54 Å². The molecule has 1 saturated carbocycles. The summed E-state index contributed by atoms with van der Waals surface area (Å²) in [6.45, 7) is 2.47. The van der Waals surface area contributed by atoms with Crippen molar-refractivity contribution in [3.8, 4) is 0 Å². The number of rotatable bonds is 8. The smallest absolute Gasteiger partial charge is 0.242 e. The molecular weight excluding hydrogens is 304 g/mol. The summed E-state index contributed by atoms with van der Waals surface area (Å²) in [5.41, 5.74) is 0.930. The van der Waals surface area contributed by atoms with Gasteiger partial charge < -0.3 is 15.7 Å². The molecule has 0 aromatic heterocycles. The van der Waals surface area contributed by atoms with Gasteiger partial charge in [-0.05, 0) is 24.8 Å². The molecular formula is C19H28N2O3. The molecule has 1 fully saturated rings. The molecule has 1 aliphatic rings. The molecule has 24 heavy (non-hydrogen) atoms. The predicted octanol–water partition coefficient (Wildman–Crippen LogP) is 1.79. The van der Waals surface area contributed by atoms with E-state index in [0.717, 1.165) is 31.2 Å². The molecule has 0 spiro atoms. The summed E-state index contributed by atoms with van der Waals surface area (Å²) in [6, 6.07) is 8.99. The van der Waals surface area contributed by atoms with Crippen LogP contribution in [0.2, 0.25) is 0 Å². The second kappa shape index (κ2) is 9.42. The summed E-state index contributed by atoms with van der Waals surface area (Å²) in [5.74, 6) is -0.163. The first-order valence-electron chi connectivity index (χ1n) is 8.89. The van der Waals surface area contributed by atoms with Gasteiger partial charge in [-0.3, -0.25) is 9.59 Å². The average molecular weight is 332 g/mol. The van der Waals surface area contributed by atoms with Crippen molar-refractivity contribution < 1.29 is 14.7 Å². The van der Waals surface area contributed by atoms with E-state index in [1.165, 1.54) is 0 Å². The van der Waals surface area contributed by atoms with E-state index in [2.05, 4.69) is 10.6 Å². The minimum atomic E-state index is -0.509. The van der Waals surface area contributed by atoms with Crippen LogP contribution in [0.25, 0.3) is 0 Å². The normalized spacial score (nSPS) is 21.2. The molecule has 0 saturated heterocycles. The van der Waals surface area contributed by atoms with Gasteiger partial charge in [-0.1, -0.05) is 50.1 Å². The maximum absolute atomic E-state index is 12.4. The lowest BCUT2D eigenvalue weighted by Crippen LogP contribution is -2.48. The van der Waals surface area contributed by atoms with Gasteiger partial charge in [0.05, 0.1) is 12.5 Å². The van der Waals surface area contributed by atoms with E-state index in [9.17, 15) is 14.7 Å². The molecule has 5 nitrogen and oxygen atoms in total. The minimum Gasteiger partial charge on any atom is -0.393 e. The second-order valence-electron chi connectivity index (χ2n) is 6.57. The first kappa shape index (κ1) is 18.5. The average Bonchev–Trinajstić information content (AvgIpc) is 2.98. The van der Waals surface area contributed by atoms with E-state index in [4.69, 9.17) is 0 Å². The highest BCUT2D eigenvalue weighted by Crippen LogP contribution is 2.24. The van der Waals surface area contributed by atoms with Crippen LogP contribution in [-0.4, -0.2) is 35.6 Å². The lowest BCUT2D eigenvalue weighted by Gasteiger charge is -2.20. The van der Waals surface area contributed by atoms with Gasteiger partial charge >= 0.3 is 0 Å². The number of carbonyl (C=O) groups excluding carboxylic acids is 2. The van der Waals surface area contributed by atoms with Crippen LogP contribution in [-0.2, 0) is 16.0 Å². The van der Waals surface area contributed by atoms with Crippen LogP contribution in [0.3, 0.4) is 0 Å². The molecule has 3 N–H and O–H groups in total. The molecule has 1 aliphatic carbocycles. The summed E-state index contributed by atoms with van der Waals surface area (Å²) >= 11 is 0. The number of aliphatic hydroxyl groups is 1. The van der Waals surface area contributed by atoms with Crippen LogP contribution in [0.5, 0.6) is 0 Å². The highest BCUT2D eigenvalue weighted by atomic mass is 16.3. The third kappa shape index (κ3) is 5.64. The zero-order valence-corrected chi connectivity index (χ0v) is 14.3. The zero-order valence-electron chi connectivity index (χ0n) is 14.3. The summed E-state index contributed by atoms with van der Waals surface area (Å²) < 4.78 is 0. The standard InChI is InChI=1S/C19H28N2O3/c1-2-7-16(19(24)20-13-15-10-6-11-17(15)22)21-18(23)12-14-8-4-3-5-9-14/h3-5,8-9,15-17,22H,2,6-7,10-13H2,1H3,(H,20,24)(H,21,23). The Morgan fingerprint density at radius 3 is 2.62 bits per heavy atom. The SMILES string of the molecule is CCCC(NC(=O)Cc1ccccc1)C(=O)NCC1CCCC1O. The minimum absolute atomic E-state index is 0.135. The molecule has 0 bridgehead atoms. The predicted molar refractivity (Wildman–Crippen MR) is 93.3 cm³/mol. The summed E-state index contributed by atoms with van der Waals surface area (Å²) in [6.07, 6.45) is 4.15. The number of carbonyl (C=O) groups is 2. The third-order valence-electron chi connectivity index (χ3n) is 4.59. The number of amides is 2. The molecule has 3 unspecified atom stereocenters. The molecule has 1 aromatic rings. The molecule has 132 valence electrons. The molecule has 3 atom stereocenters. The molecule has 0 heterocycles. The Bertz CT molecular complexity index is 533. The number of benzene rings is 1. The van der Waals surface area contributed by atoms with E-state index in [1.807, 2.05) is 37.3 Å². The fourth-order valence-corrected chi connectivity index (χ4v) is 3.19. The van der Waals surface area contributed by atoms with Crippen LogP contribution in [0, 0.1) is 5.92 Å². The quantitative estimate of drug-likeness (QED) is 0.679. The topological polar surface area (TPSA) is 78.4 Å². The monoisotopic (exact) mass is 332 g/mol. The third-order valence-corrected chi connectivity index (χ3v) is 4.59. The highest BCUT2D eigenvalue weighted by molar-refractivity contribution is 5.88. The summed E-state index contributed by atoms with van der Waals surface area (Å²) in [7, 11) is 0. The van der Waals surface area contributed by atoms with Crippen LogP contribution < -0.4 is 10.6 Å². The number of hydrogen-bond donors (Lipinski definition) is 3. The Balaban J connectivity index is 1.83. The van der Waals surface area contributed by atoms with Gasteiger partial charge in [0.15, 0.2) is 0 Å². The Hall–Kier alpha value is -1.88. The Kier molecular flexibility index (Phi) is 7.25. The molecule has 2 rings (SSSR count). The fourth-order valence-electron chi connectivity index (χ4n) is 3.19. The largest absolute Gasteiger partial charge is 0.393 e. The molecule has 5 heteroatoms. The van der Waals surface area contributed by atoms with E-state index in [-0.39, 0.29) is 30.3 Å². The van der Waals surface area contributed by atoms with Gasteiger partial charge in [-0.2, -0.15) is 0 Å². The lowest BCUT2D eigenvalue weighted by atomic mass is 10.1. The molecule has 0 aliphatic heterocycles. The van der Waals surface area contributed by atoms with Crippen molar-refractivity contribution in [3.05, 3.63) is 35.9 Å². The van der Waals surface area contributed by atoms with Crippen molar-refractivity contribution in [1.82, 2.24) is 10.6 Å². The summed E-state index contributed by atoms with van der Waals surface area (Å²) in [5, 5.41) is 15.6. The first-order chi connectivity index (χ1) is 11.6. The maximum atomic E-state index is 12.4. The van der Waals surface area contributed by atoms with E-state index in [0.29, 0.717) is 13.0 Å². The van der Waals surface area contributed by atoms with Crippen molar-refractivity contribution >= 4 is 11.8 Å². The number of aliphatic hydroxyl groups excluding tert-OH is 1. The van der Waals surface area contributed by atoms with Gasteiger partial charge in [0.25, 0.3) is 0 Å². The van der Waals surface area contributed by atoms with Gasteiger partial charge in [-0.25, -0.2) is 0 Å². The Labute approximate surface area is 143 Å². The van der Waals surface area contributed by atoms with Crippen LogP contribution in [0.15, 0.2) is 30.3 Å². The maximum Gasteiger partial charge on any atom is 0.242 e. The Morgan fingerprint density at radius 2 is 2.00 bits per heavy atom. The first-order valence-corrected chi connectivity index (χ1v) is 8.89. The van der Waals surface area contributed by atoms with Gasteiger partial charge in [-0.15, -0.1) is 0 Å². The number of hydrogen-bond acceptors (Lipinski definition) is 3. The second-order valence-corrected chi connectivity index (χ2v) is 6.57. The fraction of sp³-hybridized carbons (Fsp3) is 0.579. The van der Waals surface area contributed by atoms with Crippen molar-refractivity contribution in [1.29, 1.82) is 0 Å². The van der Waals surface area contributed by atoms with E-state index < -0.39 is 6.04 Å². The van der Waals surface area contributed by atoms with Gasteiger partial charge in [0, 0.05) is 12.5 Å². The van der Waals surface area contributed by atoms with Crippen LogP contribution in [0.4, 0.5) is 0 Å². The zero-order chi connectivity index (χ0) is 17.4. The van der Waals surface area contributed by atoms with Crippen molar-refractivity contribution in [2.24, 2.45) is 5.92 Å². The van der Waals surface area contributed by atoms with E-state index >= 15 is 0 Å². The highest BCUT2D eigenvalue weighted by Gasteiger charge is 2.27. The van der Waals surface area contributed by atoms with Crippen molar-refractivity contribution in [3.63, 3.8) is 0 Å². The van der Waals surface area contributed by atoms with E-state index in [1.54, 1.807) is 0 Å². The Morgan fingerprint density at radius 1 is 1.25 bits per heavy atom. The van der Waals surface area contributed by atoms with Gasteiger partial charge in [0.1, 0.15) is 6.04 Å². The van der Waals surface area contributed by atoms with Crippen LogP contribution >= 0.6 is 0 Å². The van der Waals surface area contributed by atoms with Crippen LogP contribution in [0.1, 0.15) is 44.6 Å². The number of nitrogens with one attached hydrogen (secondary N) is 2. The lowest BCUT2D eigenvalue weighted by molar-refractivity contribution is -0.129. The van der Waals surface area contributed by atoms with Gasteiger partial charge in [0.2, 0.25) is 11.8 Å². The molecule has 0 radical (unpaired) electrons.